The van der Waals surface area contributed by atoms with Gasteiger partial charge >= 0.3 is 0 Å². The second-order valence-electron chi connectivity index (χ2n) is 15.9. The summed E-state index contributed by atoms with van der Waals surface area (Å²) < 4.78 is 4.67. The predicted octanol–water partition coefficient (Wildman–Crippen LogP) is 14.3. The summed E-state index contributed by atoms with van der Waals surface area (Å²) in [6.45, 7) is 0. The van der Waals surface area contributed by atoms with Crippen LogP contribution in [0.1, 0.15) is 5.56 Å². The molecule has 0 saturated carbocycles. The predicted molar refractivity (Wildman–Crippen MR) is 260 cm³/mol. The van der Waals surface area contributed by atoms with Crippen LogP contribution in [-0.2, 0) is 0 Å². The quantitative estimate of drug-likeness (QED) is 0.161. The van der Waals surface area contributed by atoms with Crippen molar-refractivity contribution in [3.8, 4) is 73.9 Å². The lowest BCUT2D eigenvalue weighted by Gasteiger charge is -2.17. The number of aromatic nitrogens is 5. The van der Waals surface area contributed by atoms with E-state index in [-0.39, 0.29) is 0 Å². The molecule has 0 amide bonds. The van der Waals surface area contributed by atoms with Crippen LogP contribution in [0.4, 0.5) is 0 Å². The number of fused-ring (bicyclic) bond motifs is 6. The second kappa shape index (κ2) is 15.2. The van der Waals surface area contributed by atoms with Crippen molar-refractivity contribution in [2.45, 2.75) is 0 Å². The maximum Gasteiger partial charge on any atom is 0.166 e. The van der Waals surface area contributed by atoms with E-state index in [1.807, 2.05) is 78.9 Å². The lowest BCUT2D eigenvalue weighted by molar-refractivity contribution is 1.06. The fourth-order valence-corrected chi connectivity index (χ4v) is 9.36. The Hall–Kier alpha value is -8.92. The van der Waals surface area contributed by atoms with Crippen LogP contribution >= 0.6 is 0 Å². The van der Waals surface area contributed by atoms with Crippen LogP contribution in [0.3, 0.4) is 0 Å². The first-order chi connectivity index (χ1) is 31.7. The molecule has 0 aliphatic heterocycles. The Morgan fingerprint density at radius 2 is 0.859 bits per heavy atom. The third-order valence-electron chi connectivity index (χ3n) is 12.2. The maximum absolute atomic E-state index is 10.4. The van der Waals surface area contributed by atoms with Crippen molar-refractivity contribution < 1.29 is 0 Å². The Labute approximate surface area is 369 Å². The van der Waals surface area contributed by atoms with Gasteiger partial charge in [0.15, 0.2) is 17.5 Å². The molecule has 0 aliphatic carbocycles. The standard InChI is InChI=1S/C58H36N6/c59-37-38-31-33-47-52(35-38)64(51-30-16-27-45(55(47)51)44-26-15-29-50-54(44)46-25-13-14-28-49(46)63(50)43-23-11-4-12-24-43)53-36-42(39-17-5-1-6-18-39)32-34-48(53)58-61-56(40-19-7-2-8-20-40)60-57(62-58)41-21-9-3-10-22-41/h1-36H. The van der Waals surface area contributed by atoms with Crippen molar-refractivity contribution in [3.63, 3.8) is 0 Å². The van der Waals surface area contributed by atoms with E-state index in [4.69, 9.17) is 15.0 Å². The molecule has 0 atom stereocenters. The highest BCUT2D eigenvalue weighted by molar-refractivity contribution is 6.22. The van der Waals surface area contributed by atoms with Gasteiger partial charge < -0.3 is 9.13 Å². The van der Waals surface area contributed by atoms with Crippen molar-refractivity contribution in [3.05, 3.63) is 224 Å². The summed E-state index contributed by atoms with van der Waals surface area (Å²) >= 11 is 0. The van der Waals surface area contributed by atoms with Gasteiger partial charge in [0.25, 0.3) is 0 Å². The van der Waals surface area contributed by atoms with Gasteiger partial charge in [-0.15, -0.1) is 0 Å². The first-order valence-electron chi connectivity index (χ1n) is 21.3. The van der Waals surface area contributed by atoms with Crippen molar-refractivity contribution in [2.24, 2.45) is 0 Å². The second-order valence-corrected chi connectivity index (χ2v) is 15.9. The van der Waals surface area contributed by atoms with Gasteiger partial charge in [-0.05, 0) is 76.9 Å². The van der Waals surface area contributed by atoms with Gasteiger partial charge in [0.1, 0.15) is 0 Å². The van der Waals surface area contributed by atoms with Crippen LogP contribution in [-0.4, -0.2) is 24.1 Å². The van der Waals surface area contributed by atoms with Gasteiger partial charge in [-0.25, -0.2) is 15.0 Å². The zero-order chi connectivity index (χ0) is 42.6. The number of rotatable bonds is 7. The number of hydrogen-bond acceptors (Lipinski definition) is 4. The van der Waals surface area contributed by atoms with Gasteiger partial charge in [0.2, 0.25) is 0 Å². The first-order valence-corrected chi connectivity index (χ1v) is 21.3. The molecule has 9 aromatic carbocycles. The Bertz CT molecular complexity index is 3710. The Morgan fingerprint density at radius 1 is 0.344 bits per heavy atom. The third-order valence-corrected chi connectivity index (χ3v) is 12.2. The van der Waals surface area contributed by atoms with E-state index in [1.165, 1.54) is 10.8 Å². The van der Waals surface area contributed by atoms with Crippen LogP contribution in [0.2, 0.25) is 0 Å². The Morgan fingerprint density at radius 3 is 1.48 bits per heavy atom. The summed E-state index contributed by atoms with van der Waals surface area (Å²) in [7, 11) is 0. The van der Waals surface area contributed by atoms with Gasteiger partial charge in [0.05, 0.1) is 39.4 Å². The highest BCUT2D eigenvalue weighted by Crippen LogP contribution is 2.45. The van der Waals surface area contributed by atoms with Crippen molar-refractivity contribution >= 4 is 43.6 Å². The molecule has 0 saturated heterocycles. The summed E-state index contributed by atoms with van der Waals surface area (Å²) in [6, 6.07) is 78.0. The van der Waals surface area contributed by atoms with Crippen molar-refractivity contribution in [1.82, 2.24) is 24.1 Å². The highest BCUT2D eigenvalue weighted by Gasteiger charge is 2.24. The molecule has 0 unspecified atom stereocenters. The molecule has 6 heteroatoms. The molecule has 3 heterocycles. The minimum atomic E-state index is 0.545. The molecule has 0 bridgehead atoms. The molecular weight excluding hydrogens is 781 g/mol. The van der Waals surface area contributed by atoms with Gasteiger partial charge in [-0.1, -0.05) is 164 Å². The Kier molecular flexibility index (Phi) is 8.77. The molecule has 0 N–H and O–H groups in total. The summed E-state index contributed by atoms with van der Waals surface area (Å²) in [5, 5.41) is 14.9. The summed E-state index contributed by atoms with van der Waals surface area (Å²) in [4.78, 5) is 15.5. The highest BCUT2D eigenvalue weighted by atomic mass is 15.1. The fourth-order valence-electron chi connectivity index (χ4n) is 9.36. The van der Waals surface area contributed by atoms with Crippen LogP contribution in [0.5, 0.6) is 0 Å². The minimum Gasteiger partial charge on any atom is -0.309 e. The molecule has 64 heavy (non-hydrogen) atoms. The largest absolute Gasteiger partial charge is 0.309 e. The number of hydrogen-bond donors (Lipinski definition) is 0. The smallest absolute Gasteiger partial charge is 0.166 e. The van der Waals surface area contributed by atoms with Gasteiger partial charge in [0, 0.05) is 43.9 Å². The summed E-state index contributed by atoms with van der Waals surface area (Å²) in [5.74, 6) is 1.71. The molecular formula is C58H36N6. The monoisotopic (exact) mass is 816 g/mol. The van der Waals surface area contributed by atoms with E-state index >= 15 is 0 Å². The fraction of sp³-hybridized carbons (Fsp3) is 0. The average molecular weight is 817 g/mol. The molecule has 0 aliphatic rings. The molecule has 298 valence electrons. The van der Waals surface area contributed by atoms with Crippen LogP contribution < -0.4 is 0 Å². The van der Waals surface area contributed by atoms with E-state index in [2.05, 4.69) is 155 Å². The zero-order valence-corrected chi connectivity index (χ0v) is 34.5. The number of nitrogens with zero attached hydrogens (tertiary/aromatic N) is 6. The van der Waals surface area contributed by atoms with Crippen LogP contribution in [0.25, 0.3) is 111 Å². The third kappa shape index (κ3) is 6.06. The number of benzene rings is 9. The van der Waals surface area contributed by atoms with E-state index in [9.17, 15) is 5.26 Å². The lowest BCUT2D eigenvalue weighted by Crippen LogP contribution is -2.04. The van der Waals surface area contributed by atoms with E-state index < -0.39 is 0 Å². The van der Waals surface area contributed by atoms with Gasteiger partial charge in [-0.2, -0.15) is 5.26 Å². The normalized spacial score (nSPS) is 11.4. The molecule has 6 nitrogen and oxygen atoms in total. The number of para-hydroxylation sites is 2. The van der Waals surface area contributed by atoms with Crippen molar-refractivity contribution in [2.75, 3.05) is 0 Å². The average Bonchev–Trinajstić information content (AvgIpc) is 3.90. The van der Waals surface area contributed by atoms with Gasteiger partial charge in [-0.3, -0.25) is 0 Å². The maximum atomic E-state index is 10.4. The zero-order valence-electron chi connectivity index (χ0n) is 34.5. The molecule has 3 aromatic heterocycles. The van der Waals surface area contributed by atoms with Crippen LogP contribution in [0, 0.1) is 11.3 Å². The SMILES string of the molecule is N#Cc1ccc2c3c(-c4cccc5c4c4ccccc4n5-c4ccccc4)cccc3n(-c3cc(-c4ccccc4)ccc3-c3nc(-c4ccccc4)nc(-c4ccccc4)n3)c2c1. The molecule has 0 radical (unpaired) electrons. The molecule has 12 rings (SSSR count). The topological polar surface area (TPSA) is 72.3 Å². The Balaban J connectivity index is 1.18. The van der Waals surface area contributed by atoms with E-state index in [1.54, 1.807) is 0 Å². The number of nitriles is 1. The molecule has 0 spiro atoms. The summed E-state index contributed by atoms with van der Waals surface area (Å²) in [5.41, 5.74) is 13.7. The molecule has 0 fully saturated rings. The van der Waals surface area contributed by atoms with Crippen molar-refractivity contribution in [1.29, 1.82) is 5.26 Å². The summed E-state index contributed by atoms with van der Waals surface area (Å²) in [6.07, 6.45) is 0. The van der Waals surface area contributed by atoms with E-state index in [0.717, 1.165) is 83.2 Å². The molecule has 12 aromatic rings. The lowest BCUT2D eigenvalue weighted by atomic mass is 9.95. The van der Waals surface area contributed by atoms with E-state index in [0.29, 0.717) is 23.0 Å². The minimum absolute atomic E-state index is 0.545. The first kappa shape index (κ1) is 36.9. The van der Waals surface area contributed by atoms with Crippen LogP contribution in [0.15, 0.2) is 218 Å².